The van der Waals surface area contributed by atoms with Crippen molar-refractivity contribution < 1.29 is 9.59 Å². The molecule has 1 aromatic rings. The summed E-state index contributed by atoms with van der Waals surface area (Å²) in [4.78, 5) is 26.7. The molecule has 7 heteroatoms. The number of hydrogen-bond acceptors (Lipinski definition) is 3. The van der Waals surface area contributed by atoms with E-state index in [1.165, 1.54) is 0 Å². The fourth-order valence-electron chi connectivity index (χ4n) is 3.07. The molecular weight excluding hydrogens is 394 g/mol. The second-order valence-electron chi connectivity index (χ2n) is 6.41. The van der Waals surface area contributed by atoms with Gasteiger partial charge < -0.3 is 16.0 Å². The van der Waals surface area contributed by atoms with Gasteiger partial charge in [-0.1, -0.05) is 15.9 Å². The molecule has 0 aromatic heterocycles. The van der Waals surface area contributed by atoms with E-state index in [1.807, 2.05) is 12.1 Å². The zero-order valence-corrected chi connectivity index (χ0v) is 15.8. The molecule has 132 valence electrons. The molecule has 2 amide bonds. The van der Waals surface area contributed by atoms with Gasteiger partial charge in [-0.15, -0.1) is 12.4 Å². The molecule has 0 bridgehead atoms. The SMILES string of the molecule is Cl.NC(CNC(=O)C1CCCN1C(=O)c1ccc(Br)cc1)C1CC1. The van der Waals surface area contributed by atoms with Crippen LogP contribution in [0.25, 0.3) is 0 Å². The molecule has 2 unspecified atom stereocenters. The Morgan fingerprint density at radius 1 is 1.25 bits per heavy atom. The fraction of sp³-hybridized carbons (Fsp3) is 0.529. The van der Waals surface area contributed by atoms with E-state index in [-0.39, 0.29) is 36.3 Å². The highest BCUT2D eigenvalue weighted by atomic mass is 79.9. The molecule has 3 rings (SSSR count). The molecule has 2 aliphatic rings. The molecular formula is C17H23BrClN3O2. The largest absolute Gasteiger partial charge is 0.353 e. The van der Waals surface area contributed by atoms with E-state index >= 15 is 0 Å². The van der Waals surface area contributed by atoms with Crippen LogP contribution in [0.4, 0.5) is 0 Å². The van der Waals surface area contributed by atoms with Crippen LogP contribution in [-0.2, 0) is 4.79 Å². The van der Waals surface area contributed by atoms with Crippen molar-refractivity contribution >= 4 is 40.2 Å². The van der Waals surface area contributed by atoms with Crippen molar-refractivity contribution in [2.75, 3.05) is 13.1 Å². The van der Waals surface area contributed by atoms with Crippen LogP contribution in [0.1, 0.15) is 36.0 Å². The number of nitrogens with two attached hydrogens (primary N) is 1. The molecule has 24 heavy (non-hydrogen) atoms. The highest BCUT2D eigenvalue weighted by Crippen LogP contribution is 2.31. The van der Waals surface area contributed by atoms with Gasteiger partial charge in [0.05, 0.1) is 0 Å². The Hall–Kier alpha value is -1.11. The first-order valence-corrected chi connectivity index (χ1v) is 8.95. The van der Waals surface area contributed by atoms with E-state index in [4.69, 9.17) is 5.73 Å². The van der Waals surface area contributed by atoms with Crippen LogP contribution in [0.15, 0.2) is 28.7 Å². The molecule has 5 nitrogen and oxygen atoms in total. The lowest BCUT2D eigenvalue weighted by Gasteiger charge is -2.24. The molecule has 2 atom stereocenters. The number of halogens is 2. The predicted molar refractivity (Wildman–Crippen MR) is 99.2 cm³/mol. The fourth-order valence-corrected chi connectivity index (χ4v) is 3.33. The van der Waals surface area contributed by atoms with Crippen LogP contribution in [0.2, 0.25) is 0 Å². The van der Waals surface area contributed by atoms with Gasteiger partial charge in [0.25, 0.3) is 5.91 Å². The van der Waals surface area contributed by atoms with E-state index in [1.54, 1.807) is 17.0 Å². The van der Waals surface area contributed by atoms with Crippen molar-refractivity contribution in [3.63, 3.8) is 0 Å². The molecule has 2 fully saturated rings. The van der Waals surface area contributed by atoms with Gasteiger partial charge in [0.2, 0.25) is 5.91 Å². The highest BCUT2D eigenvalue weighted by Gasteiger charge is 2.35. The second-order valence-corrected chi connectivity index (χ2v) is 7.33. The molecule has 0 radical (unpaired) electrons. The minimum absolute atomic E-state index is 0. The van der Waals surface area contributed by atoms with Crippen molar-refractivity contribution in [2.45, 2.75) is 37.8 Å². The number of amides is 2. The minimum atomic E-state index is -0.377. The number of nitrogens with zero attached hydrogens (tertiary/aromatic N) is 1. The Bertz CT molecular complexity index is 592. The number of benzene rings is 1. The Balaban J connectivity index is 0.00000208. The van der Waals surface area contributed by atoms with Crippen LogP contribution < -0.4 is 11.1 Å². The average molecular weight is 417 g/mol. The molecule has 1 saturated heterocycles. The topological polar surface area (TPSA) is 75.4 Å². The van der Waals surface area contributed by atoms with Gasteiger partial charge >= 0.3 is 0 Å². The lowest BCUT2D eigenvalue weighted by Crippen LogP contribution is -2.48. The molecule has 1 aliphatic heterocycles. The number of nitrogens with one attached hydrogen (secondary N) is 1. The monoisotopic (exact) mass is 415 g/mol. The molecule has 0 spiro atoms. The number of carbonyl (C=O) groups excluding carboxylic acids is 2. The number of likely N-dealkylation sites (tertiary alicyclic amines) is 1. The third-order valence-corrected chi connectivity index (χ3v) is 5.18. The lowest BCUT2D eigenvalue weighted by molar-refractivity contribution is -0.124. The van der Waals surface area contributed by atoms with E-state index < -0.39 is 0 Å². The van der Waals surface area contributed by atoms with Crippen LogP contribution in [0, 0.1) is 5.92 Å². The first kappa shape index (κ1) is 19.2. The van der Waals surface area contributed by atoms with Gasteiger partial charge in [0.15, 0.2) is 0 Å². The molecule has 1 aromatic carbocycles. The Labute approximate surface area is 156 Å². The van der Waals surface area contributed by atoms with Crippen molar-refractivity contribution in [3.05, 3.63) is 34.3 Å². The van der Waals surface area contributed by atoms with Crippen molar-refractivity contribution in [3.8, 4) is 0 Å². The van der Waals surface area contributed by atoms with E-state index in [0.29, 0.717) is 31.0 Å². The van der Waals surface area contributed by atoms with Crippen molar-refractivity contribution in [2.24, 2.45) is 11.7 Å². The van der Waals surface area contributed by atoms with E-state index in [2.05, 4.69) is 21.2 Å². The summed E-state index contributed by atoms with van der Waals surface area (Å²) in [6.07, 6.45) is 3.89. The van der Waals surface area contributed by atoms with Crippen molar-refractivity contribution in [1.29, 1.82) is 0 Å². The zero-order valence-electron chi connectivity index (χ0n) is 13.4. The van der Waals surface area contributed by atoms with Crippen LogP contribution in [0.3, 0.4) is 0 Å². The van der Waals surface area contributed by atoms with Crippen molar-refractivity contribution in [1.82, 2.24) is 10.2 Å². The van der Waals surface area contributed by atoms with Crippen LogP contribution >= 0.6 is 28.3 Å². The summed E-state index contributed by atoms with van der Waals surface area (Å²) in [6, 6.07) is 6.90. The summed E-state index contributed by atoms with van der Waals surface area (Å²) in [7, 11) is 0. The van der Waals surface area contributed by atoms with Gasteiger partial charge in [-0.25, -0.2) is 0 Å². The zero-order chi connectivity index (χ0) is 16.4. The number of rotatable bonds is 5. The summed E-state index contributed by atoms with van der Waals surface area (Å²) < 4.78 is 0.929. The molecule has 1 aliphatic carbocycles. The molecule has 3 N–H and O–H groups in total. The quantitative estimate of drug-likeness (QED) is 0.773. The smallest absolute Gasteiger partial charge is 0.254 e. The maximum absolute atomic E-state index is 12.6. The van der Waals surface area contributed by atoms with Gasteiger partial charge in [0, 0.05) is 29.2 Å². The average Bonchev–Trinajstić information content (AvgIpc) is 3.29. The van der Waals surface area contributed by atoms with Crippen LogP contribution in [0.5, 0.6) is 0 Å². The first-order valence-electron chi connectivity index (χ1n) is 8.16. The highest BCUT2D eigenvalue weighted by molar-refractivity contribution is 9.10. The Kier molecular flexibility index (Phi) is 6.66. The van der Waals surface area contributed by atoms with Gasteiger partial charge in [-0.05, 0) is 55.9 Å². The summed E-state index contributed by atoms with van der Waals surface area (Å²) in [5.74, 6) is 0.394. The normalized spacial score (nSPS) is 21.1. The van der Waals surface area contributed by atoms with Gasteiger partial charge in [-0.3, -0.25) is 9.59 Å². The third kappa shape index (κ3) is 4.49. The summed E-state index contributed by atoms with van der Waals surface area (Å²) in [5, 5.41) is 2.93. The summed E-state index contributed by atoms with van der Waals surface area (Å²) >= 11 is 3.36. The molecule has 1 heterocycles. The lowest BCUT2D eigenvalue weighted by atomic mass is 10.1. The third-order valence-electron chi connectivity index (χ3n) is 4.65. The predicted octanol–water partition coefficient (Wildman–Crippen LogP) is 2.33. The van der Waals surface area contributed by atoms with Crippen LogP contribution in [-0.4, -0.2) is 41.9 Å². The maximum atomic E-state index is 12.6. The van der Waals surface area contributed by atoms with E-state index in [0.717, 1.165) is 23.7 Å². The number of hydrogen-bond donors (Lipinski definition) is 2. The summed E-state index contributed by atoms with van der Waals surface area (Å²) in [6.45, 7) is 1.13. The number of carbonyl (C=O) groups is 2. The first-order chi connectivity index (χ1) is 11.1. The standard InChI is InChI=1S/C17H22BrN3O2.ClH/c18-13-7-5-12(6-8-13)17(23)21-9-1-2-15(21)16(22)20-10-14(19)11-3-4-11;/h5-8,11,14-15H,1-4,9-10,19H2,(H,20,22);1H. The maximum Gasteiger partial charge on any atom is 0.254 e. The minimum Gasteiger partial charge on any atom is -0.353 e. The van der Waals surface area contributed by atoms with Gasteiger partial charge in [-0.2, -0.15) is 0 Å². The second kappa shape index (κ2) is 8.32. The van der Waals surface area contributed by atoms with Gasteiger partial charge in [0.1, 0.15) is 6.04 Å². The van der Waals surface area contributed by atoms with E-state index in [9.17, 15) is 9.59 Å². The Morgan fingerprint density at radius 3 is 2.54 bits per heavy atom. The Morgan fingerprint density at radius 2 is 1.92 bits per heavy atom. The molecule has 1 saturated carbocycles. The summed E-state index contributed by atoms with van der Waals surface area (Å²) in [5.41, 5.74) is 6.64.